The zero-order chi connectivity index (χ0) is 14.4. The zero-order valence-electron chi connectivity index (χ0n) is 11.6. The van der Waals surface area contributed by atoms with Gasteiger partial charge < -0.3 is 16.0 Å². The van der Waals surface area contributed by atoms with E-state index in [1.165, 1.54) is 0 Å². The van der Waals surface area contributed by atoms with Gasteiger partial charge in [0.1, 0.15) is 0 Å². The topological polar surface area (TPSA) is 75.4 Å². The highest BCUT2D eigenvalue weighted by atomic mass is 16.2. The molecule has 5 heteroatoms. The maximum atomic E-state index is 11.8. The van der Waals surface area contributed by atoms with Crippen molar-refractivity contribution in [1.82, 2.24) is 10.2 Å². The van der Waals surface area contributed by atoms with Crippen molar-refractivity contribution in [2.45, 2.75) is 25.8 Å². The van der Waals surface area contributed by atoms with Crippen molar-refractivity contribution in [3.05, 3.63) is 35.4 Å². The number of hydrogen-bond donors (Lipinski definition) is 2. The van der Waals surface area contributed by atoms with Gasteiger partial charge in [0.25, 0.3) is 0 Å². The molecule has 2 rings (SSSR count). The van der Waals surface area contributed by atoms with Gasteiger partial charge in [-0.1, -0.05) is 24.3 Å². The van der Waals surface area contributed by atoms with Gasteiger partial charge in [-0.25, -0.2) is 0 Å². The Morgan fingerprint density at radius 2 is 1.70 bits per heavy atom. The van der Waals surface area contributed by atoms with E-state index in [4.69, 9.17) is 5.73 Å². The highest BCUT2D eigenvalue weighted by Gasteiger charge is 2.18. The van der Waals surface area contributed by atoms with Crippen LogP contribution in [0.5, 0.6) is 0 Å². The van der Waals surface area contributed by atoms with Gasteiger partial charge in [-0.2, -0.15) is 0 Å². The fourth-order valence-electron chi connectivity index (χ4n) is 2.29. The van der Waals surface area contributed by atoms with Crippen LogP contribution in [-0.2, 0) is 22.6 Å². The number of rotatable bonds is 5. The molecule has 5 nitrogen and oxygen atoms in total. The molecule has 1 saturated heterocycles. The maximum absolute atomic E-state index is 11.8. The largest absolute Gasteiger partial charge is 0.347 e. The van der Waals surface area contributed by atoms with Gasteiger partial charge in [0.15, 0.2) is 0 Å². The Balaban J connectivity index is 1.75. The van der Waals surface area contributed by atoms with Crippen LogP contribution in [0.2, 0.25) is 0 Å². The summed E-state index contributed by atoms with van der Waals surface area (Å²) in [7, 11) is 0. The normalized spacial score (nSPS) is 14.3. The number of carbonyl (C=O) groups excluding carboxylic acids is 2. The number of nitrogens with two attached hydrogens (primary N) is 1. The van der Waals surface area contributed by atoms with Crippen LogP contribution in [0.3, 0.4) is 0 Å². The van der Waals surface area contributed by atoms with Crippen LogP contribution in [0.1, 0.15) is 24.0 Å². The summed E-state index contributed by atoms with van der Waals surface area (Å²) < 4.78 is 0. The second-order valence-electron chi connectivity index (χ2n) is 5.06. The average molecular weight is 275 g/mol. The van der Waals surface area contributed by atoms with Crippen molar-refractivity contribution in [2.75, 3.05) is 19.6 Å². The molecule has 20 heavy (non-hydrogen) atoms. The Hall–Kier alpha value is -1.88. The lowest BCUT2D eigenvalue weighted by Gasteiger charge is -2.15. The number of likely N-dealkylation sites (tertiary alicyclic amines) is 1. The first-order valence-electron chi connectivity index (χ1n) is 7.01. The highest BCUT2D eigenvalue weighted by molar-refractivity contribution is 5.85. The highest BCUT2D eigenvalue weighted by Crippen LogP contribution is 2.07. The Bertz CT molecular complexity index is 465. The molecule has 108 valence electrons. The van der Waals surface area contributed by atoms with Gasteiger partial charge in [-0.05, 0) is 24.0 Å². The van der Waals surface area contributed by atoms with E-state index in [1.54, 1.807) is 4.90 Å². The van der Waals surface area contributed by atoms with Gasteiger partial charge in [0.05, 0.1) is 13.0 Å². The number of amides is 2. The number of nitrogens with one attached hydrogen (secondary N) is 1. The van der Waals surface area contributed by atoms with Crippen LogP contribution in [0, 0.1) is 0 Å². The standard InChI is InChI=1S/C15H21N3O2/c16-10-13-5-3-12(4-6-13)9-14(19)17-11-15(20)18-7-1-2-8-18/h3-6H,1-2,7-11,16H2,(H,17,19). The Morgan fingerprint density at radius 1 is 1.10 bits per heavy atom. The maximum Gasteiger partial charge on any atom is 0.241 e. The predicted molar refractivity (Wildman–Crippen MR) is 76.9 cm³/mol. The summed E-state index contributed by atoms with van der Waals surface area (Å²) in [6.45, 7) is 2.22. The lowest BCUT2D eigenvalue weighted by molar-refractivity contribution is -0.131. The quantitative estimate of drug-likeness (QED) is 0.818. The minimum Gasteiger partial charge on any atom is -0.347 e. The van der Waals surface area contributed by atoms with Crippen molar-refractivity contribution >= 4 is 11.8 Å². The number of nitrogens with zero attached hydrogens (tertiary/aromatic N) is 1. The smallest absolute Gasteiger partial charge is 0.241 e. The fourth-order valence-corrected chi connectivity index (χ4v) is 2.29. The predicted octanol–water partition coefficient (Wildman–Crippen LogP) is 0.426. The summed E-state index contributed by atoms with van der Waals surface area (Å²) in [5.74, 6) is -0.118. The molecular formula is C15H21N3O2. The number of benzene rings is 1. The summed E-state index contributed by atoms with van der Waals surface area (Å²) in [5.41, 5.74) is 7.48. The Morgan fingerprint density at radius 3 is 2.30 bits per heavy atom. The van der Waals surface area contributed by atoms with E-state index >= 15 is 0 Å². The van der Waals surface area contributed by atoms with E-state index in [1.807, 2.05) is 24.3 Å². The van der Waals surface area contributed by atoms with Crippen LogP contribution >= 0.6 is 0 Å². The van der Waals surface area contributed by atoms with Crippen molar-refractivity contribution in [3.8, 4) is 0 Å². The lowest BCUT2D eigenvalue weighted by Crippen LogP contribution is -2.39. The molecule has 0 spiro atoms. The van der Waals surface area contributed by atoms with Gasteiger partial charge in [-0.15, -0.1) is 0 Å². The van der Waals surface area contributed by atoms with Crippen LogP contribution in [0.4, 0.5) is 0 Å². The minimum absolute atomic E-state index is 0.00864. The summed E-state index contributed by atoms with van der Waals surface area (Å²) in [5, 5.41) is 2.68. The molecule has 0 saturated carbocycles. The molecule has 1 aromatic carbocycles. The first kappa shape index (κ1) is 14.5. The summed E-state index contributed by atoms with van der Waals surface area (Å²) >= 11 is 0. The van der Waals surface area contributed by atoms with Gasteiger partial charge in [0.2, 0.25) is 11.8 Å². The molecule has 1 fully saturated rings. The number of carbonyl (C=O) groups is 2. The minimum atomic E-state index is -0.127. The molecule has 3 N–H and O–H groups in total. The van der Waals surface area contributed by atoms with Gasteiger partial charge in [-0.3, -0.25) is 9.59 Å². The zero-order valence-corrected chi connectivity index (χ0v) is 11.6. The third-order valence-corrected chi connectivity index (χ3v) is 3.52. The third-order valence-electron chi connectivity index (χ3n) is 3.52. The van der Waals surface area contributed by atoms with Crippen molar-refractivity contribution < 1.29 is 9.59 Å². The summed E-state index contributed by atoms with van der Waals surface area (Å²) in [6, 6.07) is 7.62. The third kappa shape index (κ3) is 4.06. The molecule has 0 atom stereocenters. The van der Waals surface area contributed by atoms with Crippen LogP contribution in [0.15, 0.2) is 24.3 Å². The molecule has 2 amide bonds. The average Bonchev–Trinajstić information content (AvgIpc) is 3.00. The second-order valence-corrected chi connectivity index (χ2v) is 5.06. The lowest BCUT2D eigenvalue weighted by atomic mass is 10.1. The van der Waals surface area contributed by atoms with Gasteiger partial charge >= 0.3 is 0 Å². The monoisotopic (exact) mass is 275 g/mol. The first-order valence-corrected chi connectivity index (χ1v) is 7.01. The number of hydrogen-bond acceptors (Lipinski definition) is 3. The fraction of sp³-hybridized carbons (Fsp3) is 0.467. The summed E-state index contributed by atoms with van der Waals surface area (Å²) in [4.78, 5) is 25.4. The molecule has 0 aromatic heterocycles. The van der Waals surface area contributed by atoms with Crippen LogP contribution < -0.4 is 11.1 Å². The van der Waals surface area contributed by atoms with E-state index in [-0.39, 0.29) is 24.8 Å². The summed E-state index contributed by atoms with van der Waals surface area (Å²) in [6.07, 6.45) is 2.42. The molecule has 1 aromatic rings. The van der Waals surface area contributed by atoms with E-state index in [9.17, 15) is 9.59 Å². The molecule has 1 heterocycles. The van der Waals surface area contributed by atoms with E-state index in [0.717, 1.165) is 37.1 Å². The molecule has 1 aliphatic rings. The van der Waals surface area contributed by atoms with Crippen molar-refractivity contribution in [1.29, 1.82) is 0 Å². The van der Waals surface area contributed by atoms with Gasteiger partial charge in [0, 0.05) is 19.6 Å². The molecule has 0 unspecified atom stereocenters. The van der Waals surface area contributed by atoms with E-state index in [0.29, 0.717) is 6.54 Å². The molecule has 0 radical (unpaired) electrons. The molecule has 1 aliphatic heterocycles. The Kier molecular flexibility index (Phi) is 5.12. The second kappa shape index (κ2) is 7.05. The molecule has 0 aliphatic carbocycles. The molecular weight excluding hydrogens is 254 g/mol. The van der Waals surface area contributed by atoms with E-state index < -0.39 is 0 Å². The Labute approximate surface area is 119 Å². The van der Waals surface area contributed by atoms with Crippen molar-refractivity contribution in [3.63, 3.8) is 0 Å². The molecule has 0 bridgehead atoms. The SMILES string of the molecule is NCc1ccc(CC(=O)NCC(=O)N2CCCC2)cc1. The van der Waals surface area contributed by atoms with Crippen LogP contribution in [-0.4, -0.2) is 36.3 Å². The van der Waals surface area contributed by atoms with Crippen LogP contribution in [0.25, 0.3) is 0 Å². The van der Waals surface area contributed by atoms with Crippen molar-refractivity contribution in [2.24, 2.45) is 5.73 Å². The first-order chi connectivity index (χ1) is 9.69. The van der Waals surface area contributed by atoms with E-state index in [2.05, 4.69) is 5.32 Å².